The molecule has 2 saturated heterocycles. The van der Waals surface area contributed by atoms with Crippen molar-refractivity contribution >= 4 is 0 Å². The number of hydrogen-bond acceptors (Lipinski definition) is 6. The van der Waals surface area contributed by atoms with Gasteiger partial charge in [0.15, 0.2) is 11.6 Å². The summed E-state index contributed by atoms with van der Waals surface area (Å²) < 4.78 is 23.7. The smallest absolute Gasteiger partial charge is 0.164 e. The van der Waals surface area contributed by atoms with Crippen molar-refractivity contribution in [2.75, 3.05) is 6.54 Å². The van der Waals surface area contributed by atoms with Crippen molar-refractivity contribution < 1.29 is 24.1 Å². The first-order chi connectivity index (χ1) is 9.69. The lowest BCUT2D eigenvalue weighted by Crippen LogP contribution is -2.48. The Morgan fingerprint density at radius 2 is 1.67 bits per heavy atom. The predicted molar refractivity (Wildman–Crippen MR) is 77.5 cm³/mol. The van der Waals surface area contributed by atoms with E-state index < -0.39 is 29.9 Å². The molecule has 2 aliphatic heterocycles. The zero-order chi connectivity index (χ0) is 15.8. The first kappa shape index (κ1) is 16.9. The van der Waals surface area contributed by atoms with Gasteiger partial charge in [-0.1, -0.05) is 6.08 Å². The second kappa shape index (κ2) is 5.95. The van der Waals surface area contributed by atoms with Gasteiger partial charge < -0.3 is 29.8 Å². The fraction of sp³-hybridized carbons (Fsp3) is 0.867. The highest BCUT2D eigenvalue weighted by Gasteiger charge is 2.54. The molecule has 0 unspecified atom stereocenters. The first-order valence-electron chi connectivity index (χ1n) is 7.39. The number of hydrogen-bond donors (Lipinski definition) is 2. The van der Waals surface area contributed by atoms with Crippen LogP contribution in [-0.4, -0.2) is 53.7 Å². The molecule has 2 aliphatic rings. The Hall–Kier alpha value is -0.500. The zero-order valence-electron chi connectivity index (χ0n) is 13.2. The molecule has 0 aromatic carbocycles. The van der Waals surface area contributed by atoms with Crippen LogP contribution < -0.4 is 5.73 Å². The van der Waals surface area contributed by atoms with Crippen LogP contribution in [0.5, 0.6) is 0 Å². The maximum absolute atomic E-state index is 10.1. The molecule has 0 bridgehead atoms. The third-order valence-electron chi connectivity index (χ3n) is 3.73. The summed E-state index contributed by atoms with van der Waals surface area (Å²) in [6.07, 6.45) is 0.106. The van der Waals surface area contributed by atoms with E-state index in [2.05, 4.69) is 6.58 Å². The number of aliphatic hydroxyl groups is 1. The van der Waals surface area contributed by atoms with Gasteiger partial charge in [0.2, 0.25) is 0 Å². The minimum atomic E-state index is -0.812. The molecule has 0 aromatic rings. The van der Waals surface area contributed by atoms with Gasteiger partial charge in [-0.3, -0.25) is 0 Å². The summed E-state index contributed by atoms with van der Waals surface area (Å²) in [6.45, 7) is 11.2. The van der Waals surface area contributed by atoms with Crippen molar-refractivity contribution in [2.24, 2.45) is 5.73 Å². The summed E-state index contributed by atoms with van der Waals surface area (Å²) in [5.74, 6) is -1.49. The van der Waals surface area contributed by atoms with E-state index in [0.29, 0.717) is 6.42 Å². The van der Waals surface area contributed by atoms with Gasteiger partial charge in [-0.2, -0.15) is 0 Å². The largest absolute Gasteiger partial charge is 0.389 e. The topological polar surface area (TPSA) is 83.2 Å². The molecule has 0 spiro atoms. The normalized spacial score (nSPS) is 39.3. The molecule has 122 valence electrons. The Balaban J connectivity index is 2.22. The Labute approximate surface area is 126 Å². The van der Waals surface area contributed by atoms with E-state index in [1.54, 1.807) is 6.08 Å². The fourth-order valence-corrected chi connectivity index (χ4v) is 2.99. The SMILES string of the molecule is C=CC[C@@H]1OC(C)(C)O[C@@H]1[C@@H]1OC(C)(C)O[C@@H]1[C@H](O)CN. The van der Waals surface area contributed by atoms with Crippen LogP contribution in [0.25, 0.3) is 0 Å². The van der Waals surface area contributed by atoms with E-state index in [1.807, 2.05) is 27.7 Å². The molecule has 0 aromatic heterocycles. The Kier molecular flexibility index (Phi) is 4.78. The van der Waals surface area contributed by atoms with Crippen molar-refractivity contribution in [3.63, 3.8) is 0 Å². The van der Waals surface area contributed by atoms with Crippen LogP contribution in [0.4, 0.5) is 0 Å². The lowest BCUT2D eigenvalue weighted by atomic mass is 9.98. The molecule has 6 nitrogen and oxygen atoms in total. The number of ether oxygens (including phenoxy) is 4. The van der Waals surface area contributed by atoms with Crippen LogP contribution in [0, 0.1) is 0 Å². The van der Waals surface area contributed by atoms with Gasteiger partial charge in [-0.25, -0.2) is 0 Å². The summed E-state index contributed by atoms with van der Waals surface area (Å²) in [5, 5.41) is 10.1. The van der Waals surface area contributed by atoms with Crippen molar-refractivity contribution in [2.45, 2.75) is 76.2 Å². The fourth-order valence-electron chi connectivity index (χ4n) is 2.99. The molecule has 6 heteroatoms. The second-order valence-electron chi connectivity index (χ2n) is 6.53. The first-order valence-corrected chi connectivity index (χ1v) is 7.39. The predicted octanol–water partition coefficient (Wildman–Crippen LogP) is 0.922. The number of nitrogens with two attached hydrogens (primary N) is 1. The average Bonchev–Trinajstić information content (AvgIpc) is 2.85. The molecular formula is C15H27NO5. The van der Waals surface area contributed by atoms with Gasteiger partial charge in [-0.05, 0) is 34.1 Å². The van der Waals surface area contributed by atoms with Gasteiger partial charge in [0.1, 0.15) is 18.3 Å². The summed E-state index contributed by atoms with van der Waals surface area (Å²) in [7, 11) is 0. The number of aliphatic hydroxyl groups excluding tert-OH is 1. The van der Waals surface area contributed by atoms with Gasteiger partial charge in [0.05, 0.1) is 12.2 Å². The molecule has 0 amide bonds. The maximum Gasteiger partial charge on any atom is 0.164 e. The van der Waals surface area contributed by atoms with Gasteiger partial charge in [0.25, 0.3) is 0 Å². The lowest BCUT2D eigenvalue weighted by molar-refractivity contribution is -0.175. The highest BCUT2D eigenvalue weighted by Crippen LogP contribution is 2.40. The quantitative estimate of drug-likeness (QED) is 0.735. The number of rotatable bonds is 5. The van der Waals surface area contributed by atoms with Gasteiger partial charge >= 0.3 is 0 Å². The third-order valence-corrected chi connectivity index (χ3v) is 3.73. The van der Waals surface area contributed by atoms with E-state index in [0.717, 1.165) is 0 Å². The van der Waals surface area contributed by atoms with E-state index >= 15 is 0 Å². The van der Waals surface area contributed by atoms with Gasteiger partial charge in [0, 0.05) is 6.54 Å². The maximum atomic E-state index is 10.1. The molecule has 3 N–H and O–H groups in total. The molecule has 0 aliphatic carbocycles. The van der Waals surface area contributed by atoms with Crippen LogP contribution in [-0.2, 0) is 18.9 Å². The molecule has 5 atom stereocenters. The van der Waals surface area contributed by atoms with E-state index in [-0.39, 0.29) is 18.8 Å². The third kappa shape index (κ3) is 3.64. The van der Waals surface area contributed by atoms with Crippen molar-refractivity contribution in [3.8, 4) is 0 Å². The Morgan fingerprint density at radius 3 is 2.24 bits per heavy atom. The highest BCUT2D eigenvalue weighted by molar-refractivity contribution is 4.99. The molecule has 0 radical (unpaired) electrons. The van der Waals surface area contributed by atoms with Crippen LogP contribution in [0.1, 0.15) is 34.1 Å². The highest BCUT2D eigenvalue weighted by atomic mass is 16.8. The van der Waals surface area contributed by atoms with Crippen LogP contribution >= 0.6 is 0 Å². The van der Waals surface area contributed by atoms with Crippen molar-refractivity contribution in [1.82, 2.24) is 0 Å². The second-order valence-corrected chi connectivity index (χ2v) is 6.53. The Bertz CT molecular complexity index is 384. The molecular weight excluding hydrogens is 274 g/mol. The van der Waals surface area contributed by atoms with E-state index in [9.17, 15) is 5.11 Å². The molecule has 2 fully saturated rings. The minimum absolute atomic E-state index is 0.101. The average molecular weight is 301 g/mol. The summed E-state index contributed by atoms with van der Waals surface area (Å²) in [4.78, 5) is 0. The molecule has 2 heterocycles. The van der Waals surface area contributed by atoms with Crippen LogP contribution in [0.15, 0.2) is 12.7 Å². The Morgan fingerprint density at radius 1 is 1.10 bits per heavy atom. The summed E-state index contributed by atoms with van der Waals surface area (Å²) in [6, 6.07) is 0. The summed E-state index contributed by atoms with van der Waals surface area (Å²) >= 11 is 0. The van der Waals surface area contributed by atoms with Crippen molar-refractivity contribution in [3.05, 3.63) is 12.7 Å². The van der Waals surface area contributed by atoms with Crippen molar-refractivity contribution in [1.29, 1.82) is 0 Å². The van der Waals surface area contributed by atoms with E-state index in [4.69, 9.17) is 24.7 Å². The monoisotopic (exact) mass is 301 g/mol. The summed E-state index contributed by atoms with van der Waals surface area (Å²) in [5.41, 5.74) is 5.57. The molecule has 21 heavy (non-hydrogen) atoms. The van der Waals surface area contributed by atoms with Crippen LogP contribution in [0.3, 0.4) is 0 Å². The standard InChI is InChI=1S/C15H27NO5/c1-6-7-10-12(20-14(2,3)18-10)13-11(9(17)8-16)19-15(4,5)21-13/h6,9-13,17H,1,7-8,16H2,2-5H3/t9-,10+,11-,12+,13-/m1/s1. The van der Waals surface area contributed by atoms with E-state index in [1.165, 1.54) is 0 Å². The zero-order valence-corrected chi connectivity index (χ0v) is 13.2. The van der Waals surface area contributed by atoms with Gasteiger partial charge in [-0.15, -0.1) is 6.58 Å². The molecule has 0 saturated carbocycles. The minimum Gasteiger partial charge on any atom is -0.389 e. The van der Waals surface area contributed by atoms with Crippen LogP contribution in [0.2, 0.25) is 0 Å². The lowest BCUT2D eigenvalue weighted by Gasteiger charge is -2.27. The molecule has 2 rings (SSSR count).